The van der Waals surface area contributed by atoms with E-state index in [1.54, 1.807) is 31.6 Å². The maximum absolute atomic E-state index is 13.3. The standard InChI is InChI=1S/C20H15ClFN5O/c1-28-17-7-13(12-2-4-15(22)5-3-12)6-16-19(17)26-11-27-20(16)25-10-18-23-8-14(21)9-24-18/h2-9,11H,10H2,1H3,(H,25,26,27). The molecule has 4 aromatic rings. The number of aromatic nitrogens is 4. The molecule has 0 unspecified atom stereocenters. The molecule has 28 heavy (non-hydrogen) atoms. The lowest BCUT2D eigenvalue weighted by atomic mass is 10.0. The molecule has 1 N–H and O–H groups in total. The Labute approximate surface area is 165 Å². The smallest absolute Gasteiger partial charge is 0.147 e. The van der Waals surface area contributed by atoms with Gasteiger partial charge in [0.15, 0.2) is 0 Å². The first-order valence-corrected chi connectivity index (χ1v) is 8.81. The van der Waals surface area contributed by atoms with Gasteiger partial charge in [0, 0.05) is 17.8 Å². The number of halogens is 2. The largest absolute Gasteiger partial charge is 0.494 e. The summed E-state index contributed by atoms with van der Waals surface area (Å²) in [7, 11) is 1.58. The van der Waals surface area contributed by atoms with Crippen molar-refractivity contribution in [2.45, 2.75) is 6.54 Å². The van der Waals surface area contributed by atoms with E-state index in [4.69, 9.17) is 16.3 Å². The number of fused-ring (bicyclic) bond motifs is 1. The number of anilines is 1. The summed E-state index contributed by atoms with van der Waals surface area (Å²) in [5, 5.41) is 4.48. The minimum absolute atomic E-state index is 0.287. The highest BCUT2D eigenvalue weighted by Crippen LogP contribution is 2.34. The normalized spacial score (nSPS) is 10.8. The van der Waals surface area contributed by atoms with Crippen molar-refractivity contribution >= 4 is 28.3 Å². The fourth-order valence-corrected chi connectivity index (χ4v) is 2.93. The van der Waals surface area contributed by atoms with Gasteiger partial charge in [-0.1, -0.05) is 23.7 Å². The molecule has 0 radical (unpaired) electrons. The quantitative estimate of drug-likeness (QED) is 0.536. The van der Waals surface area contributed by atoms with E-state index < -0.39 is 0 Å². The predicted octanol–water partition coefficient (Wildman–Crippen LogP) is 4.50. The average Bonchev–Trinajstić information content (AvgIpc) is 2.73. The monoisotopic (exact) mass is 395 g/mol. The molecule has 0 aliphatic carbocycles. The number of nitrogens with one attached hydrogen (secondary N) is 1. The van der Waals surface area contributed by atoms with Gasteiger partial charge < -0.3 is 10.1 Å². The molecule has 2 aromatic heterocycles. The Morgan fingerprint density at radius 2 is 1.75 bits per heavy atom. The number of nitrogens with zero attached hydrogens (tertiary/aromatic N) is 4. The molecule has 2 heterocycles. The van der Waals surface area contributed by atoms with Crippen LogP contribution >= 0.6 is 11.6 Å². The van der Waals surface area contributed by atoms with E-state index in [1.165, 1.54) is 18.5 Å². The zero-order valence-electron chi connectivity index (χ0n) is 14.9. The molecule has 0 bridgehead atoms. The fourth-order valence-electron chi connectivity index (χ4n) is 2.83. The minimum Gasteiger partial charge on any atom is -0.494 e. The summed E-state index contributed by atoms with van der Waals surface area (Å²) in [4.78, 5) is 17.0. The van der Waals surface area contributed by atoms with Gasteiger partial charge in [-0.25, -0.2) is 24.3 Å². The molecule has 0 aliphatic rings. The van der Waals surface area contributed by atoms with Gasteiger partial charge >= 0.3 is 0 Å². The lowest BCUT2D eigenvalue weighted by Crippen LogP contribution is -2.06. The molecule has 140 valence electrons. The highest BCUT2D eigenvalue weighted by Gasteiger charge is 2.12. The van der Waals surface area contributed by atoms with Crippen molar-refractivity contribution in [3.05, 3.63) is 71.8 Å². The molecule has 0 saturated heterocycles. The third-order valence-corrected chi connectivity index (χ3v) is 4.38. The van der Waals surface area contributed by atoms with Crippen molar-refractivity contribution < 1.29 is 9.13 Å². The molecule has 2 aromatic carbocycles. The minimum atomic E-state index is -0.287. The third-order valence-electron chi connectivity index (χ3n) is 4.19. The first kappa shape index (κ1) is 18.1. The average molecular weight is 396 g/mol. The molecule has 0 spiro atoms. The highest BCUT2D eigenvalue weighted by atomic mass is 35.5. The Balaban J connectivity index is 1.75. The Hall–Kier alpha value is -3.32. The summed E-state index contributed by atoms with van der Waals surface area (Å²) in [6, 6.07) is 10.1. The topological polar surface area (TPSA) is 72.8 Å². The van der Waals surface area contributed by atoms with E-state index in [0.29, 0.717) is 34.5 Å². The van der Waals surface area contributed by atoms with E-state index in [2.05, 4.69) is 25.3 Å². The Kier molecular flexibility index (Phi) is 4.99. The van der Waals surface area contributed by atoms with Gasteiger partial charge in [-0.05, 0) is 35.4 Å². The zero-order valence-corrected chi connectivity index (χ0v) is 15.6. The molecule has 0 aliphatic heterocycles. The lowest BCUT2D eigenvalue weighted by molar-refractivity contribution is 0.419. The second kappa shape index (κ2) is 7.74. The highest BCUT2D eigenvalue weighted by molar-refractivity contribution is 6.30. The van der Waals surface area contributed by atoms with Gasteiger partial charge in [0.25, 0.3) is 0 Å². The van der Waals surface area contributed by atoms with Crippen LogP contribution in [0.15, 0.2) is 55.1 Å². The van der Waals surface area contributed by atoms with E-state index >= 15 is 0 Å². The number of rotatable bonds is 5. The Morgan fingerprint density at radius 1 is 1.00 bits per heavy atom. The Morgan fingerprint density at radius 3 is 2.46 bits per heavy atom. The van der Waals surface area contributed by atoms with Crippen molar-refractivity contribution in [1.82, 2.24) is 19.9 Å². The van der Waals surface area contributed by atoms with Crippen LogP contribution in [0.25, 0.3) is 22.0 Å². The Bertz CT molecular complexity index is 1120. The predicted molar refractivity (Wildman–Crippen MR) is 106 cm³/mol. The van der Waals surface area contributed by atoms with Crippen molar-refractivity contribution in [2.75, 3.05) is 12.4 Å². The van der Waals surface area contributed by atoms with Gasteiger partial charge in [-0.2, -0.15) is 0 Å². The van der Waals surface area contributed by atoms with Crippen LogP contribution in [0.4, 0.5) is 10.2 Å². The van der Waals surface area contributed by atoms with Gasteiger partial charge in [0.1, 0.15) is 35.1 Å². The number of benzene rings is 2. The summed E-state index contributed by atoms with van der Waals surface area (Å²) in [6.07, 6.45) is 4.55. The zero-order chi connectivity index (χ0) is 19.5. The van der Waals surface area contributed by atoms with E-state index in [0.717, 1.165) is 16.5 Å². The summed E-state index contributed by atoms with van der Waals surface area (Å²) < 4.78 is 18.8. The van der Waals surface area contributed by atoms with Crippen LogP contribution in [0.5, 0.6) is 5.75 Å². The molecule has 6 nitrogen and oxygen atoms in total. The van der Waals surface area contributed by atoms with E-state index in [-0.39, 0.29) is 5.82 Å². The first-order valence-electron chi connectivity index (χ1n) is 8.43. The molecular formula is C20H15ClFN5O. The summed E-state index contributed by atoms with van der Waals surface area (Å²) in [5.74, 6) is 1.51. The first-order chi connectivity index (χ1) is 13.6. The van der Waals surface area contributed by atoms with Crippen molar-refractivity contribution in [1.29, 1.82) is 0 Å². The van der Waals surface area contributed by atoms with Gasteiger partial charge in [0.05, 0.1) is 18.7 Å². The number of hydrogen-bond acceptors (Lipinski definition) is 6. The van der Waals surface area contributed by atoms with Gasteiger partial charge in [-0.3, -0.25) is 0 Å². The van der Waals surface area contributed by atoms with E-state index in [1.807, 2.05) is 12.1 Å². The van der Waals surface area contributed by atoms with Crippen LogP contribution in [0.2, 0.25) is 5.02 Å². The number of hydrogen-bond donors (Lipinski definition) is 1. The van der Waals surface area contributed by atoms with Crippen molar-refractivity contribution in [3.8, 4) is 16.9 Å². The van der Waals surface area contributed by atoms with Gasteiger partial charge in [0.2, 0.25) is 0 Å². The summed E-state index contributed by atoms with van der Waals surface area (Å²) in [5.41, 5.74) is 2.39. The molecule has 4 rings (SSSR count). The molecule has 8 heteroatoms. The third kappa shape index (κ3) is 3.70. The molecule has 0 amide bonds. The molecule has 0 atom stereocenters. The summed E-state index contributed by atoms with van der Waals surface area (Å²) >= 11 is 5.82. The second-order valence-electron chi connectivity index (χ2n) is 5.97. The molecule has 0 saturated carbocycles. The van der Waals surface area contributed by atoms with Crippen molar-refractivity contribution in [2.24, 2.45) is 0 Å². The van der Waals surface area contributed by atoms with Crippen LogP contribution in [0.3, 0.4) is 0 Å². The number of methoxy groups -OCH3 is 1. The lowest BCUT2D eigenvalue weighted by Gasteiger charge is -2.12. The molecule has 0 fully saturated rings. The van der Waals surface area contributed by atoms with Crippen molar-refractivity contribution in [3.63, 3.8) is 0 Å². The molecular weight excluding hydrogens is 381 g/mol. The number of ether oxygens (including phenoxy) is 1. The SMILES string of the molecule is COc1cc(-c2ccc(F)cc2)cc2c(NCc3ncc(Cl)cn3)ncnc12. The van der Waals surface area contributed by atoms with Crippen LogP contribution in [-0.4, -0.2) is 27.0 Å². The van der Waals surface area contributed by atoms with Gasteiger partial charge in [-0.15, -0.1) is 0 Å². The van der Waals surface area contributed by atoms with Crippen LogP contribution < -0.4 is 10.1 Å². The van der Waals surface area contributed by atoms with Crippen LogP contribution in [-0.2, 0) is 6.54 Å². The maximum Gasteiger partial charge on any atom is 0.147 e. The van der Waals surface area contributed by atoms with Crippen LogP contribution in [0, 0.1) is 5.82 Å². The fraction of sp³-hybridized carbons (Fsp3) is 0.100. The van der Waals surface area contributed by atoms with Crippen LogP contribution in [0.1, 0.15) is 5.82 Å². The summed E-state index contributed by atoms with van der Waals surface area (Å²) in [6.45, 7) is 0.367. The maximum atomic E-state index is 13.3. The van der Waals surface area contributed by atoms with E-state index in [9.17, 15) is 4.39 Å². The second-order valence-corrected chi connectivity index (χ2v) is 6.41.